The molecule has 0 saturated heterocycles. The molecule has 0 saturated carbocycles. The molecule has 1 N–H and O–H groups in total. The first-order valence-electron chi connectivity index (χ1n) is 6.59. The fraction of sp³-hybridized carbons (Fsp3) is 0.429. The van der Waals surface area contributed by atoms with E-state index in [1.807, 2.05) is 11.7 Å². The summed E-state index contributed by atoms with van der Waals surface area (Å²) >= 11 is 7.02. The Kier molecular flexibility index (Phi) is 5.35. The number of aromatic nitrogens is 3. The van der Waals surface area contributed by atoms with Crippen LogP contribution in [-0.2, 0) is 7.05 Å². The highest BCUT2D eigenvalue weighted by Gasteiger charge is 2.22. The highest BCUT2D eigenvalue weighted by atomic mass is 79.9. The van der Waals surface area contributed by atoms with Gasteiger partial charge in [0.15, 0.2) is 4.60 Å². The highest BCUT2D eigenvalue weighted by molar-refractivity contribution is 9.10. The smallest absolute Gasteiger partial charge is 0.153 e. The van der Waals surface area contributed by atoms with Crippen molar-refractivity contribution in [3.8, 4) is 0 Å². The monoisotopic (exact) mass is 400 g/mol. The first-order chi connectivity index (χ1) is 9.54. The highest BCUT2D eigenvalue weighted by Crippen LogP contribution is 2.30. The predicted octanol–water partition coefficient (Wildman–Crippen LogP) is 3.74. The summed E-state index contributed by atoms with van der Waals surface area (Å²) in [5.74, 6) is 0. The average Bonchev–Trinajstić information content (AvgIpc) is 2.72. The van der Waals surface area contributed by atoms with Gasteiger partial charge in [0.25, 0.3) is 0 Å². The van der Waals surface area contributed by atoms with Gasteiger partial charge in [-0.05, 0) is 59.1 Å². The zero-order valence-electron chi connectivity index (χ0n) is 11.8. The molecule has 0 fully saturated rings. The fourth-order valence-corrected chi connectivity index (χ4v) is 3.28. The molecule has 0 spiro atoms. The molecule has 0 aliphatic heterocycles. The van der Waals surface area contributed by atoms with Crippen molar-refractivity contribution in [2.24, 2.45) is 7.05 Å². The molecule has 2 aromatic rings. The van der Waals surface area contributed by atoms with Crippen molar-refractivity contribution in [3.63, 3.8) is 0 Å². The molecule has 20 heavy (non-hydrogen) atoms. The normalized spacial score (nSPS) is 12.7. The molecule has 0 radical (unpaired) electrons. The second-order valence-electron chi connectivity index (χ2n) is 4.78. The Bertz CT molecular complexity index is 575. The molecule has 1 atom stereocenters. The van der Waals surface area contributed by atoms with Gasteiger partial charge in [-0.3, -0.25) is 0 Å². The summed E-state index contributed by atoms with van der Waals surface area (Å²) in [5.41, 5.74) is 3.53. The van der Waals surface area contributed by atoms with Crippen LogP contribution in [0.25, 0.3) is 0 Å². The van der Waals surface area contributed by atoms with Gasteiger partial charge in [0.2, 0.25) is 0 Å². The van der Waals surface area contributed by atoms with Crippen LogP contribution in [-0.4, -0.2) is 21.5 Å². The molecule has 1 heterocycles. The number of hydrogen-bond donors (Lipinski definition) is 1. The molecule has 0 aliphatic carbocycles. The molecule has 0 amide bonds. The Hall–Kier alpha value is -0.720. The lowest BCUT2D eigenvalue weighted by atomic mass is 9.99. The molecule has 0 aliphatic rings. The first kappa shape index (κ1) is 15.7. The van der Waals surface area contributed by atoms with Crippen LogP contribution in [0.5, 0.6) is 0 Å². The van der Waals surface area contributed by atoms with Crippen LogP contribution in [0, 0.1) is 6.92 Å². The van der Waals surface area contributed by atoms with Gasteiger partial charge >= 0.3 is 0 Å². The van der Waals surface area contributed by atoms with Crippen molar-refractivity contribution in [2.45, 2.75) is 26.3 Å². The maximum absolute atomic E-state index is 4.10. The van der Waals surface area contributed by atoms with Crippen molar-refractivity contribution in [1.82, 2.24) is 20.3 Å². The summed E-state index contributed by atoms with van der Waals surface area (Å²) in [6.45, 7) is 5.23. The van der Waals surface area contributed by atoms with E-state index in [1.165, 1.54) is 11.1 Å². The number of nitrogens with zero attached hydrogens (tertiary/aromatic N) is 3. The minimum Gasteiger partial charge on any atom is -0.305 e. The van der Waals surface area contributed by atoms with E-state index >= 15 is 0 Å². The number of hydrogen-bond acceptors (Lipinski definition) is 3. The van der Waals surface area contributed by atoms with Crippen molar-refractivity contribution in [1.29, 1.82) is 0 Å². The Balaban J connectivity index is 2.47. The van der Waals surface area contributed by atoms with Gasteiger partial charge in [-0.2, -0.15) is 0 Å². The molecule has 2 rings (SSSR count). The standard InChI is InChI=1S/C14H18Br2N4/c1-4-7-17-12(13-14(16)18-19-20(13)3)11-6-5-10(15)8-9(11)2/h5-6,8,12,17H,4,7H2,1-3H3. The van der Waals surface area contributed by atoms with Gasteiger partial charge in [0.1, 0.15) is 0 Å². The van der Waals surface area contributed by atoms with E-state index in [2.05, 4.69) is 79.5 Å². The fourth-order valence-electron chi connectivity index (χ4n) is 2.25. The maximum atomic E-state index is 4.10. The second-order valence-corrected chi connectivity index (χ2v) is 6.44. The van der Waals surface area contributed by atoms with E-state index in [0.717, 1.165) is 27.7 Å². The van der Waals surface area contributed by atoms with Crippen LogP contribution in [0.15, 0.2) is 27.3 Å². The summed E-state index contributed by atoms with van der Waals surface area (Å²) in [6.07, 6.45) is 1.08. The molecule has 6 heteroatoms. The van der Waals surface area contributed by atoms with E-state index in [-0.39, 0.29) is 6.04 Å². The van der Waals surface area contributed by atoms with E-state index in [4.69, 9.17) is 0 Å². The van der Waals surface area contributed by atoms with E-state index in [0.29, 0.717) is 0 Å². The molecular weight excluding hydrogens is 384 g/mol. The molecule has 1 aromatic carbocycles. The number of aryl methyl sites for hydroxylation is 2. The van der Waals surface area contributed by atoms with Crippen LogP contribution in [0.3, 0.4) is 0 Å². The molecule has 108 valence electrons. The average molecular weight is 402 g/mol. The molecule has 0 bridgehead atoms. The van der Waals surface area contributed by atoms with Gasteiger partial charge in [-0.1, -0.05) is 34.1 Å². The lowest BCUT2D eigenvalue weighted by molar-refractivity contribution is 0.547. The Morgan fingerprint density at radius 3 is 2.65 bits per heavy atom. The van der Waals surface area contributed by atoms with Gasteiger partial charge in [-0.15, -0.1) is 5.10 Å². The molecule has 1 unspecified atom stereocenters. The minimum absolute atomic E-state index is 0.0809. The second kappa shape index (κ2) is 6.83. The van der Waals surface area contributed by atoms with Crippen LogP contribution in [0.4, 0.5) is 0 Å². The van der Waals surface area contributed by atoms with Gasteiger partial charge in [0.05, 0.1) is 11.7 Å². The summed E-state index contributed by atoms with van der Waals surface area (Å²) in [7, 11) is 1.92. The van der Waals surface area contributed by atoms with Gasteiger partial charge in [-0.25, -0.2) is 4.68 Å². The third-order valence-corrected chi connectivity index (χ3v) is 4.30. The van der Waals surface area contributed by atoms with Crippen molar-refractivity contribution >= 4 is 31.9 Å². The topological polar surface area (TPSA) is 42.7 Å². The largest absolute Gasteiger partial charge is 0.305 e. The van der Waals surface area contributed by atoms with E-state index in [9.17, 15) is 0 Å². The SMILES string of the molecule is CCCNC(c1ccc(Br)cc1C)c1c(Br)nnn1C. The first-order valence-corrected chi connectivity index (χ1v) is 8.17. The lowest BCUT2D eigenvalue weighted by Gasteiger charge is -2.21. The van der Waals surface area contributed by atoms with Crippen molar-refractivity contribution < 1.29 is 0 Å². The van der Waals surface area contributed by atoms with Crippen LogP contribution in [0.1, 0.15) is 36.2 Å². The molecule has 1 aromatic heterocycles. The van der Waals surface area contributed by atoms with Crippen LogP contribution >= 0.6 is 31.9 Å². The summed E-state index contributed by atoms with van der Waals surface area (Å²) in [5, 5.41) is 11.8. The summed E-state index contributed by atoms with van der Waals surface area (Å²) < 4.78 is 3.70. The molecular formula is C14H18Br2N4. The maximum Gasteiger partial charge on any atom is 0.153 e. The van der Waals surface area contributed by atoms with Crippen LogP contribution in [0.2, 0.25) is 0 Å². The van der Waals surface area contributed by atoms with Crippen molar-refractivity contribution in [2.75, 3.05) is 6.54 Å². The quantitative estimate of drug-likeness (QED) is 0.829. The Labute approximate surface area is 136 Å². The Morgan fingerprint density at radius 2 is 2.10 bits per heavy atom. The van der Waals surface area contributed by atoms with E-state index < -0.39 is 0 Å². The zero-order valence-corrected chi connectivity index (χ0v) is 15.0. The predicted molar refractivity (Wildman–Crippen MR) is 87.7 cm³/mol. The van der Waals surface area contributed by atoms with Crippen LogP contribution < -0.4 is 5.32 Å². The third-order valence-electron chi connectivity index (χ3n) is 3.24. The molecule has 4 nitrogen and oxygen atoms in total. The number of nitrogens with one attached hydrogen (secondary N) is 1. The number of benzene rings is 1. The van der Waals surface area contributed by atoms with Gasteiger partial charge < -0.3 is 5.32 Å². The third kappa shape index (κ3) is 3.30. The summed E-state index contributed by atoms with van der Waals surface area (Å²) in [4.78, 5) is 0. The number of halogens is 2. The number of rotatable bonds is 5. The zero-order chi connectivity index (χ0) is 14.7. The van der Waals surface area contributed by atoms with E-state index in [1.54, 1.807) is 0 Å². The summed E-state index contributed by atoms with van der Waals surface area (Å²) in [6, 6.07) is 6.43. The van der Waals surface area contributed by atoms with Gasteiger partial charge in [0, 0.05) is 11.5 Å². The lowest BCUT2D eigenvalue weighted by Crippen LogP contribution is -2.26. The Morgan fingerprint density at radius 1 is 1.35 bits per heavy atom. The minimum atomic E-state index is 0.0809. The van der Waals surface area contributed by atoms with Crippen molar-refractivity contribution in [3.05, 3.63) is 44.1 Å².